The molecule has 0 amide bonds. The Kier molecular flexibility index (Phi) is 3.19. The monoisotopic (exact) mass is 364 g/mol. The molecular weight excluding hydrogens is 355 g/mol. The molecule has 1 heterocycles. The summed E-state index contributed by atoms with van der Waals surface area (Å²) in [4.78, 5) is 0. The lowest BCUT2D eigenvalue weighted by Crippen LogP contribution is -2.17. The van der Waals surface area contributed by atoms with Crippen LogP contribution in [0.3, 0.4) is 0 Å². The fourth-order valence-corrected chi connectivity index (χ4v) is 2.61. The maximum Gasteiger partial charge on any atom is 0.273 e. The van der Waals surface area contributed by atoms with Gasteiger partial charge in [0.05, 0.1) is 0 Å². The summed E-state index contributed by atoms with van der Waals surface area (Å²) < 4.78 is 24.8. The molecule has 0 aliphatic carbocycles. The van der Waals surface area contributed by atoms with E-state index in [1.165, 1.54) is 4.57 Å². The highest BCUT2D eigenvalue weighted by Gasteiger charge is 2.19. The predicted octanol–water partition coefficient (Wildman–Crippen LogP) is 0.734. The summed E-state index contributed by atoms with van der Waals surface area (Å²) >= 11 is 2.17. The number of hydrogen-bond acceptors (Lipinski definition) is 4. The summed E-state index contributed by atoms with van der Waals surface area (Å²) in [5, 5.41) is 12.2. The van der Waals surface area contributed by atoms with Crippen LogP contribution in [0.15, 0.2) is 29.4 Å². The number of hydrogen-bond donors (Lipinski definition) is 1. The minimum Gasteiger partial charge on any atom is -0.300 e. The SMILES string of the molecule is Cn1c(-c2cccc(I)c2)nnc1S(N)(=O)=O. The predicted molar refractivity (Wildman–Crippen MR) is 70.5 cm³/mol. The lowest BCUT2D eigenvalue weighted by Gasteiger charge is -2.02. The van der Waals surface area contributed by atoms with Gasteiger partial charge in [-0.3, -0.25) is 4.57 Å². The van der Waals surface area contributed by atoms with E-state index in [1.807, 2.05) is 24.3 Å². The number of sulfonamides is 1. The third-order valence-electron chi connectivity index (χ3n) is 2.17. The van der Waals surface area contributed by atoms with Gasteiger partial charge >= 0.3 is 0 Å². The number of nitrogens with two attached hydrogens (primary N) is 1. The highest BCUT2D eigenvalue weighted by Crippen LogP contribution is 2.20. The van der Waals surface area contributed by atoms with E-state index in [0.29, 0.717) is 5.82 Å². The number of rotatable bonds is 2. The number of primary sulfonamides is 1. The lowest BCUT2D eigenvalue weighted by molar-refractivity contribution is 0.580. The van der Waals surface area contributed by atoms with Gasteiger partial charge in [0, 0.05) is 16.2 Å². The van der Waals surface area contributed by atoms with Crippen molar-refractivity contribution in [2.24, 2.45) is 12.2 Å². The second-order valence-electron chi connectivity index (χ2n) is 3.42. The van der Waals surface area contributed by atoms with Crippen molar-refractivity contribution in [2.45, 2.75) is 5.16 Å². The van der Waals surface area contributed by atoms with Crippen molar-refractivity contribution in [1.29, 1.82) is 0 Å². The van der Waals surface area contributed by atoms with E-state index in [9.17, 15) is 8.42 Å². The molecule has 1 aromatic heterocycles. The van der Waals surface area contributed by atoms with Gasteiger partial charge in [-0.2, -0.15) is 0 Å². The molecule has 2 rings (SSSR count). The Morgan fingerprint density at radius 2 is 2.06 bits per heavy atom. The van der Waals surface area contributed by atoms with Crippen molar-refractivity contribution in [2.75, 3.05) is 0 Å². The molecule has 0 radical (unpaired) electrons. The van der Waals surface area contributed by atoms with Crippen LogP contribution in [-0.2, 0) is 17.1 Å². The number of halogens is 1. The first-order valence-corrected chi connectivity index (χ1v) is 7.20. The Balaban J connectivity index is 2.60. The van der Waals surface area contributed by atoms with Crippen molar-refractivity contribution in [3.8, 4) is 11.4 Å². The third-order valence-corrected chi connectivity index (χ3v) is 3.71. The average molecular weight is 364 g/mol. The molecule has 0 spiro atoms. The van der Waals surface area contributed by atoms with E-state index in [0.717, 1.165) is 9.13 Å². The first kappa shape index (κ1) is 12.5. The molecule has 17 heavy (non-hydrogen) atoms. The molecule has 8 heteroatoms. The van der Waals surface area contributed by atoms with E-state index >= 15 is 0 Å². The Morgan fingerprint density at radius 1 is 1.35 bits per heavy atom. The standard InChI is InChI=1S/C9H9IN4O2S/c1-14-8(6-3-2-4-7(10)5-6)12-13-9(14)17(11,15)16/h2-5H,1H3,(H2,11,15,16). The van der Waals surface area contributed by atoms with Crippen molar-refractivity contribution in [3.63, 3.8) is 0 Å². The highest BCUT2D eigenvalue weighted by molar-refractivity contribution is 14.1. The van der Waals surface area contributed by atoms with Crippen LogP contribution < -0.4 is 5.14 Å². The minimum atomic E-state index is -3.84. The van der Waals surface area contributed by atoms with Crippen LogP contribution in [0, 0.1) is 3.57 Å². The summed E-state index contributed by atoms with van der Waals surface area (Å²) in [5.74, 6) is 0.465. The molecule has 0 saturated heterocycles. The van der Waals surface area contributed by atoms with Gasteiger partial charge in [-0.15, -0.1) is 10.2 Å². The Hall–Kier alpha value is -1.00. The van der Waals surface area contributed by atoms with Gasteiger partial charge in [0.25, 0.3) is 15.2 Å². The second kappa shape index (κ2) is 4.35. The third kappa shape index (κ3) is 2.48. The molecule has 90 valence electrons. The van der Waals surface area contributed by atoms with Gasteiger partial charge in [-0.1, -0.05) is 12.1 Å². The van der Waals surface area contributed by atoms with Crippen molar-refractivity contribution in [1.82, 2.24) is 14.8 Å². The first-order valence-electron chi connectivity index (χ1n) is 4.58. The summed E-state index contributed by atoms with van der Waals surface area (Å²) in [7, 11) is -2.28. The molecule has 0 unspecified atom stereocenters. The van der Waals surface area contributed by atoms with Crippen LogP contribution in [0.5, 0.6) is 0 Å². The number of benzene rings is 1. The molecule has 6 nitrogen and oxygen atoms in total. The molecule has 0 aliphatic rings. The Bertz CT molecular complexity index is 665. The average Bonchev–Trinajstić information content (AvgIpc) is 2.59. The van der Waals surface area contributed by atoms with Crippen LogP contribution in [-0.4, -0.2) is 23.2 Å². The van der Waals surface area contributed by atoms with Gasteiger partial charge in [0.2, 0.25) is 0 Å². The van der Waals surface area contributed by atoms with E-state index in [-0.39, 0.29) is 5.16 Å². The molecule has 0 fully saturated rings. The summed E-state index contributed by atoms with van der Waals surface area (Å²) in [5.41, 5.74) is 0.793. The van der Waals surface area contributed by atoms with Crippen LogP contribution >= 0.6 is 22.6 Å². The number of nitrogens with zero attached hydrogens (tertiary/aromatic N) is 3. The summed E-state index contributed by atoms with van der Waals surface area (Å²) in [6.07, 6.45) is 0. The van der Waals surface area contributed by atoms with Crippen LogP contribution in [0.4, 0.5) is 0 Å². The second-order valence-corrected chi connectivity index (χ2v) is 6.12. The minimum absolute atomic E-state index is 0.244. The Labute approximate surface area is 112 Å². The van der Waals surface area contributed by atoms with E-state index < -0.39 is 10.0 Å². The maximum atomic E-state index is 11.2. The smallest absolute Gasteiger partial charge is 0.273 e. The van der Waals surface area contributed by atoms with Gasteiger partial charge in [0.1, 0.15) is 0 Å². The zero-order valence-corrected chi connectivity index (χ0v) is 11.8. The largest absolute Gasteiger partial charge is 0.300 e. The van der Waals surface area contributed by atoms with E-state index in [1.54, 1.807) is 7.05 Å². The number of aromatic nitrogens is 3. The van der Waals surface area contributed by atoms with E-state index in [4.69, 9.17) is 5.14 Å². The fourth-order valence-electron chi connectivity index (χ4n) is 1.44. The van der Waals surface area contributed by atoms with Crippen molar-refractivity contribution >= 4 is 32.6 Å². The van der Waals surface area contributed by atoms with Gasteiger partial charge in [0.15, 0.2) is 5.82 Å². The molecule has 0 saturated carbocycles. The van der Waals surface area contributed by atoms with Crippen molar-refractivity contribution < 1.29 is 8.42 Å². The normalized spacial score (nSPS) is 11.7. The molecule has 1 aromatic carbocycles. The maximum absolute atomic E-state index is 11.2. The highest BCUT2D eigenvalue weighted by atomic mass is 127. The first-order chi connectivity index (χ1) is 7.89. The topological polar surface area (TPSA) is 90.9 Å². The summed E-state index contributed by atoms with van der Waals surface area (Å²) in [6.45, 7) is 0. The van der Waals surface area contributed by atoms with Crippen LogP contribution in [0.2, 0.25) is 0 Å². The van der Waals surface area contributed by atoms with Crippen molar-refractivity contribution in [3.05, 3.63) is 27.8 Å². The molecule has 2 aromatic rings. The molecular formula is C9H9IN4O2S. The van der Waals surface area contributed by atoms with Crippen LogP contribution in [0.1, 0.15) is 0 Å². The van der Waals surface area contributed by atoms with Gasteiger partial charge < -0.3 is 0 Å². The molecule has 0 atom stereocenters. The zero-order valence-electron chi connectivity index (χ0n) is 8.83. The van der Waals surface area contributed by atoms with Crippen LogP contribution in [0.25, 0.3) is 11.4 Å². The quantitative estimate of drug-likeness (QED) is 0.796. The Morgan fingerprint density at radius 3 is 2.59 bits per heavy atom. The molecule has 0 aliphatic heterocycles. The van der Waals surface area contributed by atoms with E-state index in [2.05, 4.69) is 32.8 Å². The zero-order chi connectivity index (χ0) is 12.6. The van der Waals surface area contributed by atoms with Gasteiger partial charge in [-0.05, 0) is 34.7 Å². The fraction of sp³-hybridized carbons (Fsp3) is 0.111. The molecule has 0 bridgehead atoms. The summed E-state index contributed by atoms with van der Waals surface area (Å²) in [6, 6.07) is 7.51. The lowest BCUT2D eigenvalue weighted by atomic mass is 10.2. The van der Waals surface area contributed by atoms with Gasteiger partial charge in [-0.25, -0.2) is 13.6 Å². The molecule has 2 N–H and O–H groups in total.